The van der Waals surface area contributed by atoms with Gasteiger partial charge in [-0.3, -0.25) is 9.59 Å². The highest BCUT2D eigenvalue weighted by molar-refractivity contribution is 8.06. The second kappa shape index (κ2) is 10.2. The molecule has 0 bridgehead atoms. The van der Waals surface area contributed by atoms with E-state index in [9.17, 15) is 19.2 Å². The first-order valence-corrected chi connectivity index (χ1v) is 13.1. The van der Waals surface area contributed by atoms with E-state index in [-0.39, 0.29) is 29.1 Å². The molecular weight excluding hydrogens is 475 g/mol. The maximum Gasteiger partial charge on any atom is 0.267 e. The van der Waals surface area contributed by atoms with Crippen LogP contribution in [0.1, 0.15) is 30.4 Å². The smallest absolute Gasteiger partial charge is 0.267 e. The van der Waals surface area contributed by atoms with Crippen molar-refractivity contribution in [3.8, 4) is 6.07 Å². The third-order valence-corrected chi connectivity index (χ3v) is 7.98. The third-order valence-electron chi connectivity index (χ3n) is 7.03. The van der Waals surface area contributed by atoms with Crippen molar-refractivity contribution in [1.29, 1.82) is 5.26 Å². The van der Waals surface area contributed by atoms with Crippen molar-refractivity contribution in [3.63, 3.8) is 0 Å². The van der Waals surface area contributed by atoms with Crippen LogP contribution in [-0.4, -0.2) is 47.8 Å². The lowest BCUT2D eigenvalue weighted by molar-refractivity contribution is -0.142. The molecule has 36 heavy (non-hydrogen) atoms. The number of amides is 2. The molecule has 2 amide bonds. The molecule has 3 aliphatic rings. The first kappa shape index (κ1) is 24.1. The summed E-state index contributed by atoms with van der Waals surface area (Å²) in [6.07, 6.45) is 3.02. The maximum absolute atomic E-state index is 13.6. The number of carbonyl (C=O) groups excluding carboxylic acids is 2. The van der Waals surface area contributed by atoms with Crippen molar-refractivity contribution in [2.24, 2.45) is 5.92 Å². The van der Waals surface area contributed by atoms with Crippen LogP contribution in [0.2, 0.25) is 0 Å². The molecule has 6 nitrogen and oxygen atoms in total. The van der Waals surface area contributed by atoms with Gasteiger partial charge >= 0.3 is 0 Å². The highest BCUT2D eigenvalue weighted by atomic mass is 32.2. The van der Waals surface area contributed by atoms with Crippen molar-refractivity contribution in [2.45, 2.75) is 26.2 Å². The van der Waals surface area contributed by atoms with Crippen LogP contribution in [0, 0.1) is 30.0 Å². The van der Waals surface area contributed by atoms with Gasteiger partial charge in [0, 0.05) is 43.2 Å². The Hall–Kier alpha value is -3.57. The number of piperazine rings is 1. The standard InChI is InChI=1S/C28H27FN4O2S/c1-19-5-11-23(12-6-19)33-25(20-7-9-22(29)10-8-20)18-36-28(33)24(17-30)27(35)32-15-13-31(14-16-32)26(34)21-3-2-4-21/h5-12,18,21H,2-4,13-16H2,1H3/b28-24-. The van der Waals surface area contributed by atoms with Crippen LogP contribution in [0.4, 0.5) is 10.1 Å². The molecule has 184 valence electrons. The molecular formula is C28H27FN4O2S. The number of aryl methyl sites for hydroxylation is 1. The van der Waals surface area contributed by atoms with Gasteiger partial charge in [-0.2, -0.15) is 5.26 Å². The summed E-state index contributed by atoms with van der Waals surface area (Å²) in [6.45, 7) is 3.79. The Morgan fingerprint density at radius 3 is 2.19 bits per heavy atom. The number of nitriles is 1. The van der Waals surface area contributed by atoms with E-state index in [4.69, 9.17) is 0 Å². The Balaban J connectivity index is 1.42. The lowest BCUT2D eigenvalue weighted by Crippen LogP contribution is -2.53. The minimum Gasteiger partial charge on any atom is -0.339 e. The Morgan fingerprint density at radius 1 is 0.972 bits per heavy atom. The quantitative estimate of drug-likeness (QED) is 0.440. The average molecular weight is 503 g/mol. The van der Waals surface area contributed by atoms with E-state index in [1.807, 2.05) is 46.4 Å². The zero-order valence-electron chi connectivity index (χ0n) is 20.1. The van der Waals surface area contributed by atoms with Crippen molar-refractivity contribution in [2.75, 3.05) is 31.1 Å². The van der Waals surface area contributed by atoms with Gasteiger partial charge in [0.15, 0.2) is 0 Å². The number of carbonyl (C=O) groups is 2. The van der Waals surface area contributed by atoms with E-state index in [0.717, 1.165) is 41.8 Å². The fourth-order valence-corrected chi connectivity index (χ4v) is 5.68. The highest BCUT2D eigenvalue weighted by Crippen LogP contribution is 2.44. The summed E-state index contributed by atoms with van der Waals surface area (Å²) < 4.78 is 13.6. The van der Waals surface area contributed by atoms with Crippen molar-refractivity contribution >= 4 is 35.0 Å². The normalized spacial score (nSPS) is 19.5. The van der Waals surface area contributed by atoms with Crippen LogP contribution in [0.3, 0.4) is 0 Å². The molecule has 1 saturated carbocycles. The van der Waals surface area contributed by atoms with Gasteiger partial charge in [-0.25, -0.2) is 4.39 Å². The largest absolute Gasteiger partial charge is 0.339 e. The molecule has 1 aliphatic carbocycles. The summed E-state index contributed by atoms with van der Waals surface area (Å²) in [7, 11) is 0. The van der Waals surface area contributed by atoms with Crippen LogP contribution in [-0.2, 0) is 9.59 Å². The van der Waals surface area contributed by atoms with Crippen LogP contribution in [0.5, 0.6) is 0 Å². The summed E-state index contributed by atoms with van der Waals surface area (Å²) in [5.74, 6) is -0.331. The van der Waals surface area contributed by atoms with Crippen LogP contribution >= 0.6 is 11.8 Å². The van der Waals surface area contributed by atoms with Gasteiger partial charge in [-0.15, -0.1) is 0 Å². The van der Waals surface area contributed by atoms with Crippen LogP contribution in [0.25, 0.3) is 5.70 Å². The predicted molar refractivity (Wildman–Crippen MR) is 139 cm³/mol. The maximum atomic E-state index is 13.6. The van der Waals surface area contributed by atoms with Crippen LogP contribution < -0.4 is 4.90 Å². The fraction of sp³-hybridized carbons (Fsp3) is 0.321. The average Bonchev–Trinajstić information content (AvgIpc) is 3.29. The first-order valence-electron chi connectivity index (χ1n) is 12.2. The summed E-state index contributed by atoms with van der Waals surface area (Å²) >= 11 is 1.32. The molecule has 2 heterocycles. The molecule has 0 N–H and O–H groups in total. The molecule has 8 heteroatoms. The Bertz CT molecular complexity index is 1270. The van der Waals surface area contributed by atoms with Gasteiger partial charge in [-0.05, 0) is 61.7 Å². The lowest BCUT2D eigenvalue weighted by Gasteiger charge is -2.38. The molecule has 0 spiro atoms. The molecule has 2 aromatic carbocycles. The Labute approximate surface area is 214 Å². The summed E-state index contributed by atoms with van der Waals surface area (Å²) in [6, 6.07) is 16.2. The van der Waals surface area contributed by atoms with Gasteiger partial charge < -0.3 is 14.7 Å². The molecule has 2 aliphatic heterocycles. The zero-order chi connectivity index (χ0) is 25.2. The molecule has 0 radical (unpaired) electrons. The number of anilines is 1. The third kappa shape index (κ3) is 4.63. The van der Waals surface area contributed by atoms with E-state index in [1.54, 1.807) is 17.0 Å². The number of hydrogen-bond donors (Lipinski definition) is 0. The van der Waals surface area contributed by atoms with E-state index < -0.39 is 0 Å². The number of thioether (sulfide) groups is 1. The van der Waals surface area contributed by atoms with E-state index in [0.29, 0.717) is 31.2 Å². The minimum absolute atomic E-state index is 0.0627. The molecule has 0 aromatic heterocycles. The van der Waals surface area contributed by atoms with E-state index in [1.165, 1.54) is 23.9 Å². The number of rotatable bonds is 4. The van der Waals surface area contributed by atoms with Crippen molar-refractivity contribution in [3.05, 3.63) is 81.5 Å². The minimum atomic E-state index is -0.332. The SMILES string of the molecule is Cc1ccc(N2C(c3ccc(F)cc3)=CS/C2=C(/C#N)C(=O)N2CCN(C(=O)C3CCC3)CC2)cc1. The van der Waals surface area contributed by atoms with Gasteiger partial charge in [-0.1, -0.05) is 35.9 Å². The summed E-state index contributed by atoms with van der Waals surface area (Å²) in [5.41, 5.74) is 3.53. The molecule has 5 rings (SSSR count). The van der Waals surface area contributed by atoms with Gasteiger partial charge in [0.2, 0.25) is 5.91 Å². The lowest BCUT2D eigenvalue weighted by atomic mass is 9.84. The molecule has 2 aromatic rings. The Morgan fingerprint density at radius 2 is 1.61 bits per heavy atom. The molecule has 1 saturated heterocycles. The molecule has 0 unspecified atom stereocenters. The number of nitrogens with zero attached hydrogens (tertiary/aromatic N) is 4. The number of benzene rings is 2. The second-order valence-corrected chi connectivity index (χ2v) is 10.2. The van der Waals surface area contributed by atoms with Gasteiger partial charge in [0.1, 0.15) is 22.5 Å². The Kier molecular flexibility index (Phi) is 6.84. The zero-order valence-corrected chi connectivity index (χ0v) is 20.9. The van der Waals surface area contributed by atoms with E-state index >= 15 is 0 Å². The molecule has 2 fully saturated rings. The predicted octanol–water partition coefficient (Wildman–Crippen LogP) is 4.89. The number of hydrogen-bond acceptors (Lipinski definition) is 5. The molecule has 0 atom stereocenters. The van der Waals surface area contributed by atoms with Gasteiger partial charge in [0.05, 0.1) is 5.70 Å². The topological polar surface area (TPSA) is 67.7 Å². The van der Waals surface area contributed by atoms with E-state index in [2.05, 4.69) is 6.07 Å². The van der Waals surface area contributed by atoms with Crippen molar-refractivity contribution < 1.29 is 14.0 Å². The fourth-order valence-electron chi connectivity index (χ4n) is 4.65. The first-order chi connectivity index (χ1) is 17.5. The summed E-state index contributed by atoms with van der Waals surface area (Å²) in [5, 5.41) is 12.5. The van der Waals surface area contributed by atoms with Crippen molar-refractivity contribution in [1.82, 2.24) is 9.80 Å². The monoisotopic (exact) mass is 502 g/mol. The van der Waals surface area contributed by atoms with Gasteiger partial charge in [0.25, 0.3) is 5.91 Å². The highest BCUT2D eigenvalue weighted by Gasteiger charge is 2.35. The summed E-state index contributed by atoms with van der Waals surface area (Å²) in [4.78, 5) is 31.5. The second-order valence-electron chi connectivity index (χ2n) is 9.34. The number of halogens is 1. The van der Waals surface area contributed by atoms with Crippen LogP contribution in [0.15, 0.2) is 64.5 Å².